The molecule has 0 saturated carbocycles. The number of amides is 1. The molecule has 5 heteroatoms. The number of ether oxygens (including phenoxy) is 3. The monoisotopic (exact) mass is 237 g/mol. The zero-order chi connectivity index (χ0) is 12.3. The van der Waals surface area contributed by atoms with Crippen molar-refractivity contribution in [2.45, 2.75) is 6.54 Å². The summed E-state index contributed by atoms with van der Waals surface area (Å²) in [7, 11) is 3.05. The Hall–Kier alpha value is -1.91. The molecule has 1 amide bonds. The van der Waals surface area contributed by atoms with Crippen LogP contribution >= 0.6 is 0 Å². The van der Waals surface area contributed by atoms with Crippen LogP contribution in [0.3, 0.4) is 0 Å². The first-order valence-electron chi connectivity index (χ1n) is 5.38. The molecule has 2 rings (SSSR count). The highest BCUT2D eigenvalue weighted by Gasteiger charge is 2.14. The lowest BCUT2D eigenvalue weighted by Crippen LogP contribution is -2.26. The van der Waals surface area contributed by atoms with Gasteiger partial charge in [0.25, 0.3) is 0 Å². The van der Waals surface area contributed by atoms with E-state index in [0.717, 1.165) is 17.1 Å². The molecule has 0 bridgehead atoms. The lowest BCUT2D eigenvalue weighted by Gasteiger charge is -2.20. The molecule has 0 spiro atoms. The van der Waals surface area contributed by atoms with Crippen LogP contribution < -0.4 is 9.47 Å². The van der Waals surface area contributed by atoms with Crippen molar-refractivity contribution in [3.05, 3.63) is 23.8 Å². The van der Waals surface area contributed by atoms with Crippen molar-refractivity contribution >= 4 is 6.09 Å². The molecule has 92 valence electrons. The minimum absolute atomic E-state index is 0.361. The third kappa shape index (κ3) is 2.61. The first-order valence-corrected chi connectivity index (χ1v) is 5.38. The highest BCUT2D eigenvalue weighted by Crippen LogP contribution is 2.30. The van der Waals surface area contributed by atoms with E-state index in [-0.39, 0.29) is 6.09 Å². The molecule has 0 saturated heterocycles. The summed E-state index contributed by atoms with van der Waals surface area (Å²) in [5, 5.41) is 0. The van der Waals surface area contributed by atoms with E-state index in [4.69, 9.17) is 9.47 Å². The smallest absolute Gasteiger partial charge is 0.409 e. The Balaban J connectivity index is 2.09. The number of methoxy groups -OCH3 is 1. The van der Waals surface area contributed by atoms with Crippen LogP contribution in [0.2, 0.25) is 0 Å². The highest BCUT2D eigenvalue weighted by molar-refractivity contribution is 5.67. The van der Waals surface area contributed by atoms with Gasteiger partial charge in [-0.05, 0) is 17.7 Å². The quantitative estimate of drug-likeness (QED) is 0.784. The van der Waals surface area contributed by atoms with Crippen molar-refractivity contribution in [1.29, 1.82) is 0 Å². The van der Waals surface area contributed by atoms with Gasteiger partial charge in [-0.2, -0.15) is 0 Å². The summed E-state index contributed by atoms with van der Waals surface area (Å²) in [6.45, 7) is 1.61. The molecular formula is C12H15NO4. The topological polar surface area (TPSA) is 48.0 Å². The fourth-order valence-corrected chi connectivity index (χ4v) is 1.68. The Morgan fingerprint density at radius 2 is 2.06 bits per heavy atom. The van der Waals surface area contributed by atoms with Crippen LogP contribution in [0.1, 0.15) is 5.56 Å². The molecule has 1 heterocycles. The van der Waals surface area contributed by atoms with Crippen molar-refractivity contribution < 1.29 is 19.0 Å². The van der Waals surface area contributed by atoms with E-state index in [9.17, 15) is 4.79 Å². The first kappa shape index (κ1) is 11.6. The lowest BCUT2D eigenvalue weighted by molar-refractivity contribution is 0.131. The predicted octanol–water partition coefficient (Wildman–Crippen LogP) is 1.66. The third-order valence-corrected chi connectivity index (χ3v) is 2.51. The minimum Gasteiger partial charge on any atom is -0.486 e. The molecule has 1 aromatic carbocycles. The summed E-state index contributed by atoms with van der Waals surface area (Å²) in [5.74, 6) is 1.48. The van der Waals surface area contributed by atoms with Crippen LogP contribution in [0.5, 0.6) is 11.5 Å². The van der Waals surface area contributed by atoms with Crippen LogP contribution in [-0.2, 0) is 11.3 Å². The Kier molecular flexibility index (Phi) is 3.37. The maximum Gasteiger partial charge on any atom is 0.409 e. The van der Waals surface area contributed by atoms with E-state index in [1.54, 1.807) is 7.05 Å². The Bertz CT molecular complexity index is 419. The number of hydrogen-bond acceptors (Lipinski definition) is 4. The van der Waals surface area contributed by atoms with Crippen LogP contribution in [0.25, 0.3) is 0 Å². The number of benzene rings is 1. The summed E-state index contributed by atoms with van der Waals surface area (Å²) >= 11 is 0. The van der Waals surface area contributed by atoms with E-state index in [2.05, 4.69) is 4.74 Å². The van der Waals surface area contributed by atoms with Gasteiger partial charge in [-0.3, -0.25) is 0 Å². The Morgan fingerprint density at radius 1 is 1.35 bits per heavy atom. The number of fused-ring (bicyclic) bond motifs is 1. The van der Waals surface area contributed by atoms with E-state index in [1.807, 2.05) is 18.2 Å². The fraction of sp³-hybridized carbons (Fsp3) is 0.417. The van der Waals surface area contributed by atoms with E-state index >= 15 is 0 Å². The summed E-state index contributed by atoms with van der Waals surface area (Å²) in [4.78, 5) is 12.7. The van der Waals surface area contributed by atoms with Crippen molar-refractivity contribution in [1.82, 2.24) is 4.90 Å². The van der Waals surface area contributed by atoms with Crippen LogP contribution in [0, 0.1) is 0 Å². The summed E-state index contributed by atoms with van der Waals surface area (Å²) < 4.78 is 15.5. The SMILES string of the molecule is COC(=O)N(C)Cc1ccc2c(c1)OCCO2. The maximum atomic E-state index is 11.3. The second-order valence-electron chi connectivity index (χ2n) is 3.80. The number of carbonyl (C=O) groups is 1. The molecule has 1 aliphatic rings. The third-order valence-electron chi connectivity index (χ3n) is 2.51. The normalized spacial score (nSPS) is 13.1. The second kappa shape index (κ2) is 4.95. The number of hydrogen-bond donors (Lipinski definition) is 0. The number of carbonyl (C=O) groups excluding carboxylic acids is 1. The van der Waals surface area contributed by atoms with E-state index < -0.39 is 0 Å². The Labute approximate surface area is 99.9 Å². The molecule has 0 atom stereocenters. The average molecular weight is 237 g/mol. The zero-order valence-electron chi connectivity index (χ0n) is 9.93. The van der Waals surface area contributed by atoms with Gasteiger partial charge in [-0.15, -0.1) is 0 Å². The van der Waals surface area contributed by atoms with Crippen molar-refractivity contribution in [3.63, 3.8) is 0 Å². The van der Waals surface area contributed by atoms with Gasteiger partial charge in [0.2, 0.25) is 0 Å². The van der Waals surface area contributed by atoms with Crippen LogP contribution in [0.15, 0.2) is 18.2 Å². The van der Waals surface area contributed by atoms with E-state index in [1.165, 1.54) is 12.0 Å². The summed E-state index contributed by atoms with van der Waals surface area (Å²) in [6, 6.07) is 5.65. The molecule has 5 nitrogen and oxygen atoms in total. The predicted molar refractivity (Wildman–Crippen MR) is 61.3 cm³/mol. The zero-order valence-corrected chi connectivity index (χ0v) is 9.93. The molecular weight excluding hydrogens is 222 g/mol. The van der Waals surface area contributed by atoms with Gasteiger partial charge >= 0.3 is 6.09 Å². The molecule has 0 fully saturated rings. The molecule has 0 aromatic heterocycles. The van der Waals surface area contributed by atoms with Gasteiger partial charge in [-0.25, -0.2) is 4.79 Å². The van der Waals surface area contributed by atoms with Crippen LogP contribution in [-0.4, -0.2) is 38.4 Å². The first-order chi connectivity index (χ1) is 8.20. The Morgan fingerprint density at radius 3 is 2.76 bits per heavy atom. The fourth-order valence-electron chi connectivity index (χ4n) is 1.68. The number of nitrogens with zero attached hydrogens (tertiary/aromatic N) is 1. The van der Waals surface area contributed by atoms with Crippen molar-refractivity contribution in [2.75, 3.05) is 27.4 Å². The van der Waals surface area contributed by atoms with Gasteiger partial charge < -0.3 is 19.1 Å². The highest BCUT2D eigenvalue weighted by atomic mass is 16.6. The molecule has 1 aromatic rings. The van der Waals surface area contributed by atoms with E-state index in [0.29, 0.717) is 19.8 Å². The molecule has 0 aliphatic carbocycles. The second-order valence-corrected chi connectivity index (χ2v) is 3.80. The largest absolute Gasteiger partial charge is 0.486 e. The molecule has 1 aliphatic heterocycles. The van der Waals surface area contributed by atoms with Crippen LogP contribution in [0.4, 0.5) is 4.79 Å². The summed E-state index contributed by atoms with van der Waals surface area (Å²) in [5.41, 5.74) is 0.974. The standard InChI is InChI=1S/C12H15NO4/c1-13(12(14)15-2)8-9-3-4-10-11(7-9)17-6-5-16-10/h3-4,7H,5-6,8H2,1-2H3. The molecule has 0 unspecified atom stereocenters. The maximum absolute atomic E-state index is 11.3. The van der Waals surface area contributed by atoms with Gasteiger partial charge in [0.1, 0.15) is 13.2 Å². The minimum atomic E-state index is -0.361. The van der Waals surface area contributed by atoms with Crippen molar-refractivity contribution in [3.8, 4) is 11.5 Å². The van der Waals surface area contributed by atoms with Crippen molar-refractivity contribution in [2.24, 2.45) is 0 Å². The molecule has 17 heavy (non-hydrogen) atoms. The molecule has 0 N–H and O–H groups in total. The van der Waals surface area contributed by atoms with Gasteiger partial charge in [0.05, 0.1) is 7.11 Å². The van der Waals surface area contributed by atoms with Gasteiger partial charge in [-0.1, -0.05) is 6.07 Å². The van der Waals surface area contributed by atoms with Gasteiger partial charge in [0.15, 0.2) is 11.5 Å². The lowest BCUT2D eigenvalue weighted by atomic mass is 10.2. The molecule has 0 radical (unpaired) electrons. The average Bonchev–Trinajstić information content (AvgIpc) is 2.37. The number of rotatable bonds is 2. The summed E-state index contributed by atoms with van der Waals surface area (Å²) in [6.07, 6.45) is -0.361. The van der Waals surface area contributed by atoms with Gasteiger partial charge in [0, 0.05) is 13.6 Å².